The molecular formula is C26H32N2O8. The molecule has 0 aromatic heterocycles. The minimum Gasteiger partial charge on any atom is -0.481 e. The van der Waals surface area contributed by atoms with Crippen LogP contribution < -0.4 is 10.1 Å². The van der Waals surface area contributed by atoms with E-state index in [0.29, 0.717) is 36.3 Å². The highest BCUT2D eigenvalue weighted by molar-refractivity contribution is 5.87. The summed E-state index contributed by atoms with van der Waals surface area (Å²) in [6, 6.07) is 3.73. The van der Waals surface area contributed by atoms with Gasteiger partial charge >= 0.3 is 5.97 Å². The van der Waals surface area contributed by atoms with E-state index in [2.05, 4.69) is 10.2 Å². The van der Waals surface area contributed by atoms with E-state index in [1.807, 2.05) is 19.2 Å². The number of hydrogen-bond acceptors (Lipinski definition) is 9. The van der Waals surface area contributed by atoms with Gasteiger partial charge in [-0.25, -0.2) is 0 Å². The molecule has 1 aromatic carbocycles. The van der Waals surface area contributed by atoms with Crippen LogP contribution in [0.5, 0.6) is 5.75 Å². The smallest absolute Gasteiger partial charge is 0.312 e. The van der Waals surface area contributed by atoms with Gasteiger partial charge in [-0.2, -0.15) is 0 Å². The van der Waals surface area contributed by atoms with Crippen LogP contribution in [0, 0.1) is 0 Å². The molecule has 10 nitrogen and oxygen atoms in total. The molecule has 36 heavy (non-hydrogen) atoms. The molecule has 10 heteroatoms. The van der Waals surface area contributed by atoms with Crippen molar-refractivity contribution in [1.29, 1.82) is 0 Å². The molecule has 2 bridgehead atoms. The first-order valence-electron chi connectivity index (χ1n) is 12.3. The Bertz CT molecular complexity index is 1150. The number of rotatable bonds is 8. The van der Waals surface area contributed by atoms with E-state index in [1.165, 1.54) is 6.92 Å². The normalized spacial score (nSPS) is 30.5. The van der Waals surface area contributed by atoms with E-state index in [-0.39, 0.29) is 32.0 Å². The number of carbonyl (C=O) groups excluding carboxylic acids is 3. The Morgan fingerprint density at radius 1 is 1.33 bits per heavy atom. The third-order valence-electron chi connectivity index (χ3n) is 8.36. The van der Waals surface area contributed by atoms with Crippen LogP contribution in [0.4, 0.5) is 0 Å². The second-order valence-electron chi connectivity index (χ2n) is 10.3. The monoisotopic (exact) mass is 500 g/mol. The summed E-state index contributed by atoms with van der Waals surface area (Å²) in [7, 11) is 2.01. The van der Waals surface area contributed by atoms with E-state index in [0.717, 1.165) is 17.7 Å². The number of esters is 1. The summed E-state index contributed by atoms with van der Waals surface area (Å²) in [5.74, 6) is -0.708. The SMILES string of the molecule is CC(=O)[C@@H](O)CC(=O)NCCC(=O)OC1=CC[C@@]2(O)[C@H]3Cc4ccc(CO)c5c4[C@@]2(CCN3C)[C@H]1O5. The van der Waals surface area contributed by atoms with Gasteiger partial charge in [-0.1, -0.05) is 12.1 Å². The zero-order valence-electron chi connectivity index (χ0n) is 20.5. The van der Waals surface area contributed by atoms with Crippen LogP contribution in [0.3, 0.4) is 0 Å². The van der Waals surface area contributed by atoms with Gasteiger partial charge < -0.3 is 35.0 Å². The maximum absolute atomic E-state index is 12.7. The number of likely N-dealkylation sites (tertiary alicyclic amines) is 1. The Morgan fingerprint density at radius 2 is 2.11 bits per heavy atom. The standard InChI is InChI=1S/C26H32N2O8/c1-14(30)17(31)12-20(32)27-9-6-21(33)35-18-5-7-26(34)19-11-15-3-4-16(13-29)23-22(15)25(26,24(18)36-23)8-10-28(19)2/h3-5,17,19,24,29,31,34H,6-13H2,1-2H3,(H,27,32)/t17-,19+,24-,25-,26+/m0/s1. The highest BCUT2D eigenvalue weighted by Gasteiger charge is 2.71. The molecule has 0 unspecified atom stereocenters. The van der Waals surface area contributed by atoms with Gasteiger partial charge in [0.15, 0.2) is 11.9 Å². The van der Waals surface area contributed by atoms with Gasteiger partial charge in [0.25, 0.3) is 0 Å². The fourth-order valence-electron chi connectivity index (χ4n) is 6.51. The van der Waals surface area contributed by atoms with Crippen LogP contribution in [-0.4, -0.2) is 81.9 Å². The molecular weight excluding hydrogens is 468 g/mol. The number of likely N-dealkylation sites (N-methyl/N-ethyl adjacent to an activating group) is 1. The van der Waals surface area contributed by atoms with Crippen molar-refractivity contribution in [3.8, 4) is 5.75 Å². The van der Waals surface area contributed by atoms with Gasteiger partial charge in [-0.05, 0) is 45.0 Å². The average molecular weight is 501 g/mol. The Hall–Kier alpha value is -2.79. The molecule has 1 saturated heterocycles. The minimum atomic E-state index is -1.37. The van der Waals surface area contributed by atoms with Gasteiger partial charge in [-0.15, -0.1) is 0 Å². The quantitative estimate of drug-likeness (QED) is 0.358. The number of ketones is 1. The van der Waals surface area contributed by atoms with Gasteiger partial charge in [-0.3, -0.25) is 14.4 Å². The molecule has 2 aliphatic heterocycles. The van der Waals surface area contributed by atoms with E-state index < -0.39 is 40.9 Å². The number of Topliss-reactive ketones (excluding diaryl/α,β-unsaturated/α-hetero) is 1. The van der Waals surface area contributed by atoms with Gasteiger partial charge in [0.2, 0.25) is 5.91 Å². The number of ether oxygens (including phenoxy) is 2. The summed E-state index contributed by atoms with van der Waals surface area (Å²) in [6.07, 6.45) is 0.741. The lowest BCUT2D eigenvalue weighted by Crippen LogP contribution is -2.74. The molecule has 5 atom stereocenters. The first kappa shape index (κ1) is 24.9. The second kappa shape index (κ2) is 8.95. The molecule has 4 N–H and O–H groups in total. The average Bonchev–Trinajstić information content (AvgIpc) is 3.18. The number of benzene rings is 1. The predicted octanol–water partition coefficient (Wildman–Crippen LogP) is -0.154. The first-order chi connectivity index (χ1) is 17.1. The van der Waals surface area contributed by atoms with Crippen molar-refractivity contribution in [2.75, 3.05) is 20.1 Å². The molecule has 5 rings (SSSR count). The van der Waals surface area contributed by atoms with Crippen molar-refractivity contribution in [2.45, 2.75) is 74.9 Å². The molecule has 2 aliphatic carbocycles. The number of hydrogen-bond donors (Lipinski definition) is 4. The summed E-state index contributed by atoms with van der Waals surface area (Å²) in [5.41, 5.74) is 0.731. The van der Waals surface area contributed by atoms with E-state index in [9.17, 15) is 29.7 Å². The topological polar surface area (TPSA) is 146 Å². The fraction of sp³-hybridized carbons (Fsp3) is 0.577. The zero-order chi connectivity index (χ0) is 25.8. The number of aliphatic hydroxyl groups excluding tert-OH is 2. The van der Waals surface area contributed by atoms with Gasteiger partial charge in [0.1, 0.15) is 17.6 Å². The molecule has 1 fully saturated rings. The molecule has 2 heterocycles. The Balaban J connectivity index is 1.36. The van der Waals surface area contributed by atoms with Crippen LogP contribution in [0.25, 0.3) is 0 Å². The Kier molecular flexibility index (Phi) is 6.19. The Morgan fingerprint density at radius 3 is 2.83 bits per heavy atom. The number of nitrogens with zero attached hydrogens (tertiary/aromatic N) is 1. The molecule has 0 saturated carbocycles. The van der Waals surface area contributed by atoms with Crippen molar-refractivity contribution in [1.82, 2.24) is 10.2 Å². The summed E-state index contributed by atoms with van der Waals surface area (Å²) in [5, 5.41) is 34.1. The van der Waals surface area contributed by atoms with Gasteiger partial charge in [0, 0.05) is 30.1 Å². The van der Waals surface area contributed by atoms with Gasteiger partial charge in [0.05, 0.1) is 30.5 Å². The van der Waals surface area contributed by atoms with Crippen LogP contribution in [0.1, 0.15) is 49.3 Å². The van der Waals surface area contributed by atoms with Crippen LogP contribution >= 0.6 is 0 Å². The third-order valence-corrected chi connectivity index (χ3v) is 8.36. The number of nitrogens with one attached hydrogen (secondary N) is 1. The highest BCUT2D eigenvalue weighted by atomic mass is 16.6. The number of amides is 1. The number of carbonyl (C=O) groups is 3. The molecule has 1 aromatic rings. The first-order valence-corrected chi connectivity index (χ1v) is 12.3. The van der Waals surface area contributed by atoms with E-state index in [4.69, 9.17) is 9.47 Å². The maximum Gasteiger partial charge on any atom is 0.312 e. The highest BCUT2D eigenvalue weighted by Crippen LogP contribution is 2.64. The summed E-state index contributed by atoms with van der Waals surface area (Å²) < 4.78 is 12.1. The van der Waals surface area contributed by atoms with E-state index in [1.54, 1.807) is 6.08 Å². The lowest BCUT2D eigenvalue weighted by atomic mass is 9.50. The second-order valence-corrected chi connectivity index (χ2v) is 10.3. The van der Waals surface area contributed by atoms with Crippen molar-refractivity contribution in [3.05, 3.63) is 40.7 Å². The Labute approximate surface area is 208 Å². The van der Waals surface area contributed by atoms with Crippen molar-refractivity contribution in [3.63, 3.8) is 0 Å². The van der Waals surface area contributed by atoms with E-state index >= 15 is 0 Å². The lowest BCUT2D eigenvalue weighted by molar-refractivity contribution is -0.169. The van der Waals surface area contributed by atoms with Crippen molar-refractivity contribution < 1.29 is 39.2 Å². The molecule has 194 valence electrons. The zero-order valence-corrected chi connectivity index (χ0v) is 20.5. The summed E-state index contributed by atoms with van der Waals surface area (Å²) >= 11 is 0. The molecule has 0 radical (unpaired) electrons. The van der Waals surface area contributed by atoms with Crippen LogP contribution in [-0.2, 0) is 37.6 Å². The molecule has 4 aliphatic rings. The lowest BCUT2D eigenvalue weighted by Gasteiger charge is -2.61. The van der Waals surface area contributed by atoms with Crippen molar-refractivity contribution in [2.24, 2.45) is 0 Å². The fourth-order valence-corrected chi connectivity index (χ4v) is 6.51. The molecule has 1 amide bonds. The number of piperidine rings is 1. The third kappa shape index (κ3) is 3.58. The van der Waals surface area contributed by atoms with Crippen LogP contribution in [0.15, 0.2) is 24.0 Å². The summed E-state index contributed by atoms with van der Waals surface area (Å²) in [4.78, 5) is 37.8. The largest absolute Gasteiger partial charge is 0.481 e. The van der Waals surface area contributed by atoms with Crippen LogP contribution in [0.2, 0.25) is 0 Å². The minimum absolute atomic E-state index is 0.0118. The van der Waals surface area contributed by atoms with Crippen molar-refractivity contribution >= 4 is 17.7 Å². The summed E-state index contributed by atoms with van der Waals surface area (Å²) in [6.45, 7) is 1.73. The molecule has 1 spiro atoms. The maximum atomic E-state index is 12.7. The number of aliphatic hydroxyl groups is 3. The predicted molar refractivity (Wildman–Crippen MR) is 126 cm³/mol.